The van der Waals surface area contributed by atoms with Gasteiger partial charge in [-0.25, -0.2) is 0 Å². The molecule has 2 aromatic rings. The van der Waals surface area contributed by atoms with E-state index in [1.54, 1.807) is 6.07 Å². The number of hydrogen-bond donors (Lipinski definition) is 2. The summed E-state index contributed by atoms with van der Waals surface area (Å²) in [6.07, 6.45) is -1.32. The van der Waals surface area contributed by atoms with Gasteiger partial charge in [-0.15, -0.1) is 0 Å². The van der Waals surface area contributed by atoms with Gasteiger partial charge in [0.1, 0.15) is 0 Å². The number of rotatable bonds is 2. The van der Waals surface area contributed by atoms with Crippen molar-refractivity contribution in [3.63, 3.8) is 0 Å². The van der Waals surface area contributed by atoms with E-state index in [0.29, 0.717) is 0 Å². The van der Waals surface area contributed by atoms with Crippen LogP contribution in [0.1, 0.15) is 36.3 Å². The first-order chi connectivity index (χ1) is 11.5. The molecule has 1 aliphatic carbocycles. The van der Waals surface area contributed by atoms with Gasteiger partial charge in [-0.3, -0.25) is 0 Å². The van der Waals surface area contributed by atoms with Crippen molar-refractivity contribution in [1.82, 2.24) is 0 Å². The van der Waals surface area contributed by atoms with E-state index >= 15 is 0 Å². The molecule has 2 nitrogen and oxygen atoms in total. The van der Waals surface area contributed by atoms with Gasteiger partial charge in [0.15, 0.2) is 0 Å². The number of alkyl halides is 3. The Morgan fingerprint density at radius 2 is 1.79 bits per heavy atom. The lowest BCUT2D eigenvalue weighted by Crippen LogP contribution is -2.43. The lowest BCUT2D eigenvalue weighted by Gasteiger charge is -2.35. The average molecular weight is 332 g/mol. The van der Waals surface area contributed by atoms with Gasteiger partial charge in [0.05, 0.1) is 11.6 Å². The fourth-order valence-electron chi connectivity index (χ4n) is 4.01. The van der Waals surface area contributed by atoms with Crippen LogP contribution in [0.4, 0.5) is 24.5 Å². The van der Waals surface area contributed by atoms with E-state index in [9.17, 15) is 13.2 Å². The molecule has 0 radical (unpaired) electrons. The van der Waals surface area contributed by atoms with Gasteiger partial charge in [-0.05, 0) is 48.7 Å². The minimum atomic E-state index is -4.29. The predicted molar refractivity (Wildman–Crippen MR) is 89.3 cm³/mol. The minimum absolute atomic E-state index is 0.136. The van der Waals surface area contributed by atoms with Gasteiger partial charge < -0.3 is 10.6 Å². The Morgan fingerprint density at radius 3 is 2.54 bits per heavy atom. The summed E-state index contributed by atoms with van der Waals surface area (Å²) in [4.78, 5) is 0. The predicted octanol–water partition coefficient (Wildman–Crippen LogP) is 5.25. The SMILES string of the molecule is FC(F)(F)c1ccc2c(c1)C1CCCC(Nc3ccccc3)C1N2. The Balaban J connectivity index is 1.60. The minimum Gasteiger partial charge on any atom is -0.380 e. The third kappa shape index (κ3) is 2.72. The summed E-state index contributed by atoms with van der Waals surface area (Å²) in [6.45, 7) is 0. The molecule has 0 bridgehead atoms. The van der Waals surface area contributed by atoms with Gasteiger partial charge in [0.25, 0.3) is 0 Å². The van der Waals surface area contributed by atoms with Gasteiger partial charge >= 0.3 is 6.18 Å². The van der Waals surface area contributed by atoms with Crippen LogP contribution in [0.15, 0.2) is 48.5 Å². The van der Waals surface area contributed by atoms with E-state index in [-0.39, 0.29) is 18.0 Å². The molecule has 1 aliphatic heterocycles. The van der Waals surface area contributed by atoms with Crippen molar-refractivity contribution >= 4 is 11.4 Å². The highest BCUT2D eigenvalue weighted by Gasteiger charge is 2.41. The number of para-hydroxylation sites is 1. The summed E-state index contributed by atoms with van der Waals surface area (Å²) < 4.78 is 39.0. The molecule has 3 unspecified atom stereocenters. The van der Waals surface area contributed by atoms with Gasteiger partial charge in [0, 0.05) is 23.3 Å². The lowest BCUT2D eigenvalue weighted by atomic mass is 9.79. The zero-order valence-corrected chi connectivity index (χ0v) is 13.1. The second-order valence-electron chi connectivity index (χ2n) is 6.62. The third-order valence-electron chi connectivity index (χ3n) is 5.12. The third-order valence-corrected chi connectivity index (χ3v) is 5.12. The summed E-state index contributed by atoms with van der Waals surface area (Å²) in [6, 6.07) is 14.4. The van der Waals surface area contributed by atoms with Crippen LogP contribution in [0.25, 0.3) is 0 Å². The molecule has 126 valence electrons. The molecule has 2 aromatic carbocycles. The normalized spacial score (nSPS) is 25.5. The second kappa shape index (κ2) is 5.72. The summed E-state index contributed by atoms with van der Waals surface area (Å²) in [5.74, 6) is 0.136. The molecule has 24 heavy (non-hydrogen) atoms. The molecule has 4 rings (SSSR count). The fourth-order valence-corrected chi connectivity index (χ4v) is 4.01. The maximum Gasteiger partial charge on any atom is 0.416 e. The van der Waals surface area contributed by atoms with E-state index in [0.717, 1.165) is 36.2 Å². The molecular weight excluding hydrogens is 313 g/mol. The van der Waals surface area contributed by atoms with Gasteiger partial charge in [0.2, 0.25) is 0 Å². The number of halogens is 3. The number of hydrogen-bond acceptors (Lipinski definition) is 2. The molecule has 1 saturated carbocycles. The molecule has 0 saturated heterocycles. The summed E-state index contributed by atoms with van der Waals surface area (Å²) in [5, 5.41) is 7.00. The Kier molecular flexibility index (Phi) is 3.66. The molecular formula is C19H19F3N2. The quantitative estimate of drug-likeness (QED) is 0.785. The highest BCUT2D eigenvalue weighted by molar-refractivity contribution is 5.62. The summed E-state index contributed by atoms with van der Waals surface area (Å²) >= 11 is 0. The maximum absolute atomic E-state index is 13.0. The number of fused-ring (bicyclic) bond motifs is 3. The molecule has 0 amide bonds. The molecule has 1 heterocycles. The van der Waals surface area contributed by atoms with Crippen LogP contribution in [0, 0.1) is 0 Å². The largest absolute Gasteiger partial charge is 0.416 e. The molecule has 2 aliphatic rings. The molecule has 2 N–H and O–H groups in total. The van der Waals surface area contributed by atoms with Crippen molar-refractivity contribution in [2.45, 2.75) is 43.4 Å². The van der Waals surface area contributed by atoms with Crippen LogP contribution < -0.4 is 10.6 Å². The topological polar surface area (TPSA) is 24.1 Å². The van der Waals surface area contributed by atoms with E-state index < -0.39 is 11.7 Å². The van der Waals surface area contributed by atoms with Crippen LogP contribution in [0.2, 0.25) is 0 Å². The van der Waals surface area contributed by atoms with Crippen molar-refractivity contribution in [3.05, 3.63) is 59.7 Å². The Morgan fingerprint density at radius 1 is 1.00 bits per heavy atom. The van der Waals surface area contributed by atoms with Crippen LogP contribution in [0.5, 0.6) is 0 Å². The first kappa shape index (κ1) is 15.4. The van der Waals surface area contributed by atoms with Crippen molar-refractivity contribution in [2.24, 2.45) is 0 Å². The molecule has 0 spiro atoms. The molecule has 1 fully saturated rings. The highest BCUT2D eigenvalue weighted by atomic mass is 19.4. The molecule has 0 aromatic heterocycles. The number of nitrogens with one attached hydrogen (secondary N) is 2. The average Bonchev–Trinajstić information content (AvgIpc) is 2.94. The highest BCUT2D eigenvalue weighted by Crippen LogP contribution is 2.46. The van der Waals surface area contributed by atoms with Gasteiger partial charge in [-0.2, -0.15) is 13.2 Å². The van der Waals surface area contributed by atoms with E-state index in [2.05, 4.69) is 10.6 Å². The van der Waals surface area contributed by atoms with E-state index in [4.69, 9.17) is 0 Å². The molecule has 3 atom stereocenters. The Bertz CT molecular complexity index is 727. The fraction of sp³-hybridized carbons (Fsp3) is 0.368. The second-order valence-corrected chi connectivity index (χ2v) is 6.62. The van der Waals surface area contributed by atoms with Crippen LogP contribution in [0.3, 0.4) is 0 Å². The zero-order chi connectivity index (χ0) is 16.7. The monoisotopic (exact) mass is 332 g/mol. The Hall–Kier alpha value is -2.17. The van der Waals surface area contributed by atoms with Crippen molar-refractivity contribution in [1.29, 1.82) is 0 Å². The van der Waals surface area contributed by atoms with Gasteiger partial charge in [-0.1, -0.05) is 24.6 Å². The van der Waals surface area contributed by atoms with Crippen molar-refractivity contribution in [3.8, 4) is 0 Å². The van der Waals surface area contributed by atoms with E-state index in [1.807, 2.05) is 30.3 Å². The number of anilines is 2. The standard InChI is InChI=1S/C19H19F3N2/c20-19(21,22)12-9-10-16-15(11-12)14-7-4-8-17(18(14)24-16)23-13-5-2-1-3-6-13/h1-3,5-6,9-11,14,17-18,23-24H,4,7-8H2. The number of benzene rings is 2. The summed E-state index contributed by atoms with van der Waals surface area (Å²) in [7, 11) is 0. The van der Waals surface area contributed by atoms with Crippen LogP contribution in [-0.2, 0) is 6.18 Å². The van der Waals surface area contributed by atoms with Crippen molar-refractivity contribution < 1.29 is 13.2 Å². The zero-order valence-electron chi connectivity index (χ0n) is 13.1. The Labute approximate surface area is 139 Å². The first-order valence-corrected chi connectivity index (χ1v) is 8.31. The lowest BCUT2D eigenvalue weighted by molar-refractivity contribution is -0.137. The maximum atomic E-state index is 13.0. The smallest absolute Gasteiger partial charge is 0.380 e. The van der Waals surface area contributed by atoms with E-state index in [1.165, 1.54) is 12.1 Å². The van der Waals surface area contributed by atoms with Crippen LogP contribution in [-0.4, -0.2) is 12.1 Å². The van der Waals surface area contributed by atoms with Crippen LogP contribution >= 0.6 is 0 Å². The summed E-state index contributed by atoms with van der Waals surface area (Å²) in [5.41, 5.74) is 2.16. The van der Waals surface area contributed by atoms with Crippen molar-refractivity contribution in [2.75, 3.05) is 10.6 Å². The molecule has 5 heteroatoms. The first-order valence-electron chi connectivity index (χ1n) is 8.31.